The van der Waals surface area contributed by atoms with Gasteiger partial charge in [0, 0.05) is 38.1 Å². The van der Waals surface area contributed by atoms with E-state index in [2.05, 4.69) is 15.6 Å². The number of amides is 2. The van der Waals surface area contributed by atoms with Crippen LogP contribution in [0, 0.1) is 0 Å². The summed E-state index contributed by atoms with van der Waals surface area (Å²) in [5, 5.41) is 5.37. The van der Waals surface area contributed by atoms with E-state index in [1.807, 2.05) is 0 Å². The zero-order chi connectivity index (χ0) is 17.6. The molecule has 1 aromatic heterocycles. The lowest BCUT2D eigenvalue weighted by Gasteiger charge is -2.11. The van der Waals surface area contributed by atoms with Gasteiger partial charge in [0.25, 0.3) is 11.8 Å². The summed E-state index contributed by atoms with van der Waals surface area (Å²) in [4.78, 5) is 28.1. The van der Waals surface area contributed by atoms with Crippen molar-refractivity contribution in [3.63, 3.8) is 0 Å². The molecule has 132 valence electrons. The van der Waals surface area contributed by atoms with Crippen molar-refractivity contribution in [2.45, 2.75) is 18.9 Å². The minimum Gasteiger partial charge on any atom is -0.385 e. The fourth-order valence-corrected chi connectivity index (χ4v) is 4.06. The van der Waals surface area contributed by atoms with Crippen LogP contribution >= 0.6 is 0 Å². The van der Waals surface area contributed by atoms with Gasteiger partial charge in [0.15, 0.2) is 9.84 Å². The third-order valence-electron chi connectivity index (χ3n) is 3.63. The molecule has 24 heavy (non-hydrogen) atoms. The summed E-state index contributed by atoms with van der Waals surface area (Å²) < 4.78 is 27.7. The third-order valence-corrected chi connectivity index (χ3v) is 5.40. The fraction of sp³-hybridized carbons (Fsp3) is 0.533. The molecule has 1 aliphatic rings. The van der Waals surface area contributed by atoms with E-state index in [1.54, 1.807) is 7.11 Å². The standard InChI is InChI=1S/C15H21N3O5S/c1-23-7-2-5-17-15(20)13-9-11(3-6-16-13)14(19)18-12-4-8-24(21,22)10-12/h3,6,9,12H,2,4-5,7-8,10H2,1H3,(H,17,20)(H,18,19). The Kier molecular flexibility index (Phi) is 6.27. The molecule has 1 unspecified atom stereocenters. The summed E-state index contributed by atoms with van der Waals surface area (Å²) in [7, 11) is -1.48. The number of carbonyl (C=O) groups excluding carboxylic acids is 2. The van der Waals surface area contributed by atoms with Crippen LogP contribution in [0.2, 0.25) is 0 Å². The Balaban J connectivity index is 1.94. The van der Waals surface area contributed by atoms with E-state index >= 15 is 0 Å². The molecule has 2 N–H and O–H groups in total. The fourth-order valence-electron chi connectivity index (χ4n) is 2.38. The maximum absolute atomic E-state index is 12.2. The molecule has 2 heterocycles. The Hall–Kier alpha value is -2.00. The molecule has 0 spiro atoms. The first-order valence-corrected chi connectivity index (χ1v) is 9.48. The minimum absolute atomic E-state index is 0.0450. The topological polar surface area (TPSA) is 114 Å². The smallest absolute Gasteiger partial charge is 0.269 e. The predicted molar refractivity (Wildman–Crippen MR) is 87.6 cm³/mol. The minimum atomic E-state index is -3.06. The van der Waals surface area contributed by atoms with Crippen LogP contribution in [0.1, 0.15) is 33.7 Å². The van der Waals surface area contributed by atoms with Crippen LogP contribution in [0.3, 0.4) is 0 Å². The molecule has 2 rings (SSSR count). The lowest BCUT2D eigenvalue weighted by atomic mass is 10.2. The van der Waals surface area contributed by atoms with Gasteiger partial charge in [-0.25, -0.2) is 8.42 Å². The van der Waals surface area contributed by atoms with Gasteiger partial charge >= 0.3 is 0 Å². The van der Waals surface area contributed by atoms with Gasteiger partial charge in [0.1, 0.15) is 5.69 Å². The molecule has 0 aromatic carbocycles. The number of methoxy groups -OCH3 is 1. The van der Waals surface area contributed by atoms with Crippen molar-refractivity contribution >= 4 is 21.7 Å². The van der Waals surface area contributed by atoms with Crippen LogP contribution in [0.25, 0.3) is 0 Å². The van der Waals surface area contributed by atoms with Crippen LogP contribution in [-0.4, -0.2) is 63.0 Å². The number of rotatable bonds is 7. The Labute approximate surface area is 140 Å². The Bertz CT molecular complexity index is 705. The van der Waals surface area contributed by atoms with E-state index in [0.717, 1.165) is 0 Å². The molecule has 1 fully saturated rings. The second-order valence-corrected chi connectivity index (χ2v) is 7.83. The van der Waals surface area contributed by atoms with Crippen LogP contribution in [0.15, 0.2) is 18.3 Å². The highest BCUT2D eigenvalue weighted by molar-refractivity contribution is 7.91. The van der Waals surface area contributed by atoms with Crippen molar-refractivity contribution in [2.24, 2.45) is 0 Å². The van der Waals surface area contributed by atoms with E-state index in [9.17, 15) is 18.0 Å². The monoisotopic (exact) mass is 355 g/mol. The number of hydrogen-bond donors (Lipinski definition) is 2. The van der Waals surface area contributed by atoms with Crippen molar-refractivity contribution < 1.29 is 22.7 Å². The van der Waals surface area contributed by atoms with Crippen molar-refractivity contribution in [1.29, 1.82) is 0 Å². The van der Waals surface area contributed by atoms with Gasteiger partial charge < -0.3 is 15.4 Å². The van der Waals surface area contributed by atoms with Gasteiger partial charge in [-0.2, -0.15) is 0 Å². The normalized spacial score (nSPS) is 19.0. The van der Waals surface area contributed by atoms with Gasteiger partial charge in [-0.05, 0) is 25.0 Å². The third kappa shape index (κ3) is 5.27. The highest BCUT2D eigenvalue weighted by atomic mass is 32.2. The van der Waals surface area contributed by atoms with E-state index in [1.165, 1.54) is 18.3 Å². The molecule has 1 saturated heterocycles. The average molecular weight is 355 g/mol. The van der Waals surface area contributed by atoms with Crippen molar-refractivity contribution in [3.05, 3.63) is 29.6 Å². The average Bonchev–Trinajstić information content (AvgIpc) is 2.90. The van der Waals surface area contributed by atoms with E-state index in [-0.39, 0.29) is 34.7 Å². The van der Waals surface area contributed by atoms with E-state index in [4.69, 9.17) is 4.74 Å². The molecular weight excluding hydrogens is 334 g/mol. The first-order chi connectivity index (χ1) is 11.4. The first kappa shape index (κ1) is 18.3. The molecule has 0 radical (unpaired) electrons. The van der Waals surface area contributed by atoms with Gasteiger partial charge in [-0.1, -0.05) is 0 Å². The largest absolute Gasteiger partial charge is 0.385 e. The number of aromatic nitrogens is 1. The lowest BCUT2D eigenvalue weighted by molar-refractivity contribution is 0.0941. The molecule has 1 aliphatic heterocycles. The summed E-state index contributed by atoms with van der Waals surface area (Å²) in [6.45, 7) is 0.991. The summed E-state index contributed by atoms with van der Waals surface area (Å²) in [5.74, 6) is -0.739. The zero-order valence-electron chi connectivity index (χ0n) is 13.4. The molecule has 0 aliphatic carbocycles. The maximum atomic E-state index is 12.2. The van der Waals surface area contributed by atoms with E-state index < -0.39 is 15.7 Å². The number of nitrogens with zero attached hydrogens (tertiary/aromatic N) is 1. The van der Waals surface area contributed by atoms with Gasteiger partial charge in [0.2, 0.25) is 0 Å². The molecule has 9 heteroatoms. The Morgan fingerprint density at radius 3 is 2.83 bits per heavy atom. The van der Waals surface area contributed by atoms with Gasteiger partial charge in [-0.3, -0.25) is 14.6 Å². The van der Waals surface area contributed by atoms with Crippen LogP contribution in [0.5, 0.6) is 0 Å². The van der Waals surface area contributed by atoms with E-state index in [0.29, 0.717) is 26.0 Å². The second-order valence-electron chi connectivity index (χ2n) is 5.61. The van der Waals surface area contributed by atoms with Crippen LogP contribution in [0.4, 0.5) is 0 Å². The summed E-state index contributed by atoms with van der Waals surface area (Å²) in [6.07, 6.45) is 2.47. The maximum Gasteiger partial charge on any atom is 0.269 e. The number of nitrogens with one attached hydrogen (secondary N) is 2. The molecule has 0 saturated carbocycles. The molecule has 1 aromatic rings. The molecule has 1 atom stereocenters. The van der Waals surface area contributed by atoms with Crippen LogP contribution < -0.4 is 10.6 Å². The van der Waals surface area contributed by atoms with Crippen LogP contribution in [-0.2, 0) is 14.6 Å². The number of pyridine rings is 1. The molecule has 0 bridgehead atoms. The van der Waals surface area contributed by atoms with Crippen molar-refractivity contribution in [1.82, 2.24) is 15.6 Å². The summed E-state index contributed by atoms with van der Waals surface area (Å²) in [6, 6.07) is 2.49. The highest BCUT2D eigenvalue weighted by Crippen LogP contribution is 2.12. The molecular formula is C15H21N3O5S. The quantitative estimate of drug-likeness (QED) is 0.653. The molecule has 8 nitrogen and oxygen atoms in total. The highest BCUT2D eigenvalue weighted by Gasteiger charge is 2.29. The lowest BCUT2D eigenvalue weighted by Crippen LogP contribution is -2.35. The number of sulfone groups is 1. The Morgan fingerprint density at radius 2 is 2.17 bits per heavy atom. The number of hydrogen-bond acceptors (Lipinski definition) is 6. The summed E-state index contributed by atoms with van der Waals surface area (Å²) in [5.41, 5.74) is 0.412. The predicted octanol–water partition coefficient (Wildman–Crippen LogP) is -0.235. The van der Waals surface area contributed by atoms with Crippen molar-refractivity contribution in [2.75, 3.05) is 31.8 Å². The summed E-state index contributed by atoms with van der Waals surface area (Å²) >= 11 is 0. The SMILES string of the molecule is COCCCNC(=O)c1cc(C(=O)NC2CCS(=O)(=O)C2)ccn1. The van der Waals surface area contributed by atoms with Gasteiger partial charge in [-0.15, -0.1) is 0 Å². The second kappa shape index (κ2) is 8.20. The van der Waals surface area contributed by atoms with Crippen molar-refractivity contribution in [3.8, 4) is 0 Å². The van der Waals surface area contributed by atoms with Gasteiger partial charge in [0.05, 0.1) is 11.5 Å². The zero-order valence-corrected chi connectivity index (χ0v) is 14.3. The Morgan fingerprint density at radius 1 is 1.38 bits per heavy atom. The molecule has 2 amide bonds. The first-order valence-electron chi connectivity index (χ1n) is 7.66. The number of carbonyl (C=O) groups is 2. The number of ether oxygens (including phenoxy) is 1.